The Labute approximate surface area is 85.4 Å². The first-order valence-electron chi connectivity index (χ1n) is 5.74. The summed E-state index contributed by atoms with van der Waals surface area (Å²) in [6.07, 6.45) is 1.34. The largest absolute Gasteiger partial charge is 0.328 e. The van der Waals surface area contributed by atoms with Gasteiger partial charge in [-0.3, -0.25) is 4.90 Å². The van der Waals surface area contributed by atoms with Crippen molar-refractivity contribution < 1.29 is 0 Å². The fourth-order valence-electron chi connectivity index (χ4n) is 1.50. The molecule has 0 rings (SSSR count). The maximum absolute atomic E-state index is 3.74. The summed E-state index contributed by atoms with van der Waals surface area (Å²) in [4.78, 5) is 6.19. The Kier molecular flexibility index (Phi) is 8.81. The molecule has 0 aliphatic carbocycles. The minimum Gasteiger partial charge on any atom is -0.328 e. The van der Waals surface area contributed by atoms with Gasteiger partial charge in [0.05, 0.1) is 0 Å². The van der Waals surface area contributed by atoms with Crippen molar-refractivity contribution in [3.05, 3.63) is 0 Å². The third-order valence-corrected chi connectivity index (χ3v) is 5.65. The summed E-state index contributed by atoms with van der Waals surface area (Å²) in [7, 11) is -0.589. The zero-order chi connectivity index (χ0) is 10.1. The fourth-order valence-corrected chi connectivity index (χ4v) is 3.62. The quantitative estimate of drug-likeness (QED) is 0.479. The van der Waals surface area contributed by atoms with E-state index < -0.39 is 8.96 Å². The lowest BCUT2D eigenvalue weighted by Gasteiger charge is -2.22. The van der Waals surface area contributed by atoms with Crippen molar-refractivity contribution in [2.45, 2.75) is 46.2 Å². The van der Waals surface area contributed by atoms with Crippen molar-refractivity contribution in [2.75, 3.05) is 19.8 Å². The third kappa shape index (κ3) is 6.24. The highest BCUT2D eigenvalue weighted by Gasteiger charge is 2.07. The Morgan fingerprint density at radius 1 is 1.08 bits per heavy atom. The van der Waals surface area contributed by atoms with Gasteiger partial charge in [-0.05, 0) is 25.2 Å². The van der Waals surface area contributed by atoms with Crippen molar-refractivity contribution in [3.63, 3.8) is 0 Å². The highest BCUT2D eigenvalue weighted by molar-refractivity contribution is 6.55. The zero-order valence-corrected chi connectivity index (χ0v) is 10.9. The molecule has 0 aromatic rings. The molecule has 0 aliphatic heterocycles. The van der Waals surface area contributed by atoms with Crippen LogP contribution in [0.2, 0.25) is 12.1 Å². The molecule has 1 N–H and O–H groups in total. The molecule has 0 bridgehead atoms. The second-order valence-corrected chi connectivity index (χ2v) is 6.76. The zero-order valence-electron chi connectivity index (χ0n) is 9.77. The lowest BCUT2D eigenvalue weighted by molar-refractivity contribution is 0.299. The highest BCUT2D eigenvalue weighted by Crippen LogP contribution is 1.99. The van der Waals surface area contributed by atoms with E-state index >= 15 is 0 Å². The van der Waals surface area contributed by atoms with Gasteiger partial charge in [0.1, 0.15) is 8.96 Å². The molecule has 0 aliphatic rings. The summed E-state index contributed by atoms with van der Waals surface area (Å²) in [5, 5.41) is 0. The van der Waals surface area contributed by atoms with Crippen LogP contribution < -0.4 is 4.98 Å². The van der Waals surface area contributed by atoms with E-state index in [4.69, 9.17) is 0 Å². The van der Waals surface area contributed by atoms with Crippen molar-refractivity contribution in [1.82, 2.24) is 9.88 Å². The number of nitrogens with zero attached hydrogens (tertiary/aromatic N) is 1. The van der Waals surface area contributed by atoms with Crippen LogP contribution in [0.3, 0.4) is 0 Å². The van der Waals surface area contributed by atoms with Gasteiger partial charge in [0, 0.05) is 6.67 Å². The van der Waals surface area contributed by atoms with Gasteiger partial charge in [0.25, 0.3) is 0 Å². The molecule has 3 heteroatoms. The Hall–Kier alpha value is 0.137. The van der Waals surface area contributed by atoms with Crippen molar-refractivity contribution in [3.8, 4) is 0 Å². The van der Waals surface area contributed by atoms with Crippen LogP contribution in [0.1, 0.15) is 34.1 Å². The van der Waals surface area contributed by atoms with Crippen LogP contribution in [-0.4, -0.2) is 33.6 Å². The average Bonchev–Trinajstić information content (AvgIpc) is 2.17. The average molecular weight is 202 g/mol. The summed E-state index contributed by atoms with van der Waals surface area (Å²) in [6, 6.07) is 2.83. The van der Waals surface area contributed by atoms with E-state index in [1.54, 1.807) is 0 Å². The molecule has 0 aromatic heterocycles. The van der Waals surface area contributed by atoms with E-state index in [0.717, 1.165) is 6.67 Å². The summed E-state index contributed by atoms with van der Waals surface area (Å²) >= 11 is 0. The summed E-state index contributed by atoms with van der Waals surface area (Å²) in [5.74, 6) is 0. The van der Waals surface area contributed by atoms with E-state index in [9.17, 15) is 0 Å². The van der Waals surface area contributed by atoms with Gasteiger partial charge in [-0.2, -0.15) is 0 Å². The molecule has 0 heterocycles. The van der Waals surface area contributed by atoms with Gasteiger partial charge in [-0.25, -0.2) is 0 Å². The number of rotatable bonds is 8. The van der Waals surface area contributed by atoms with Gasteiger partial charge >= 0.3 is 0 Å². The molecule has 0 amide bonds. The van der Waals surface area contributed by atoms with Crippen molar-refractivity contribution in [1.29, 1.82) is 0 Å². The standard InChI is InChI=1S/C10H26N2Si/c1-5-9-13(8-4)11-10-12(6-2)7-3/h11,13H,5-10H2,1-4H3. The molecule has 80 valence electrons. The monoisotopic (exact) mass is 202 g/mol. The van der Waals surface area contributed by atoms with E-state index in [1.165, 1.54) is 31.6 Å². The minimum absolute atomic E-state index is 0.589. The van der Waals surface area contributed by atoms with Gasteiger partial charge < -0.3 is 4.98 Å². The molecule has 1 atom stereocenters. The van der Waals surface area contributed by atoms with E-state index in [0.29, 0.717) is 0 Å². The molecule has 0 fully saturated rings. The van der Waals surface area contributed by atoms with Crippen LogP contribution in [0.4, 0.5) is 0 Å². The van der Waals surface area contributed by atoms with E-state index in [2.05, 4.69) is 37.6 Å². The summed E-state index contributed by atoms with van der Waals surface area (Å²) in [5.41, 5.74) is 0. The number of hydrogen-bond acceptors (Lipinski definition) is 2. The van der Waals surface area contributed by atoms with Gasteiger partial charge in [-0.15, -0.1) is 0 Å². The molecule has 1 unspecified atom stereocenters. The molecule has 0 radical (unpaired) electrons. The lowest BCUT2D eigenvalue weighted by atomic mass is 10.6. The lowest BCUT2D eigenvalue weighted by Crippen LogP contribution is -2.42. The molecular weight excluding hydrogens is 176 g/mol. The predicted octanol–water partition coefficient (Wildman–Crippen LogP) is 2.03. The maximum Gasteiger partial charge on any atom is 0.109 e. The highest BCUT2D eigenvalue weighted by atomic mass is 28.3. The van der Waals surface area contributed by atoms with E-state index in [1.807, 2.05) is 0 Å². The topological polar surface area (TPSA) is 15.3 Å². The van der Waals surface area contributed by atoms with Crippen LogP contribution in [-0.2, 0) is 0 Å². The van der Waals surface area contributed by atoms with Crippen LogP contribution >= 0.6 is 0 Å². The summed E-state index contributed by atoms with van der Waals surface area (Å²) < 4.78 is 0. The Morgan fingerprint density at radius 3 is 2.08 bits per heavy atom. The Bertz CT molecular complexity index is 105. The van der Waals surface area contributed by atoms with Crippen molar-refractivity contribution >= 4 is 8.96 Å². The first-order valence-corrected chi connectivity index (χ1v) is 7.95. The second-order valence-electron chi connectivity index (χ2n) is 3.56. The summed E-state index contributed by atoms with van der Waals surface area (Å²) in [6.45, 7) is 12.5. The van der Waals surface area contributed by atoms with Gasteiger partial charge in [-0.1, -0.05) is 34.1 Å². The first-order chi connectivity index (χ1) is 6.28. The third-order valence-electron chi connectivity index (χ3n) is 2.63. The predicted molar refractivity (Wildman–Crippen MR) is 63.7 cm³/mol. The first kappa shape index (κ1) is 13.1. The maximum atomic E-state index is 3.74. The SMILES string of the molecule is CCC[SiH](CC)NCN(CC)CC. The molecule has 0 aromatic carbocycles. The fraction of sp³-hybridized carbons (Fsp3) is 1.00. The number of hydrogen-bond donors (Lipinski definition) is 1. The second kappa shape index (κ2) is 8.72. The smallest absolute Gasteiger partial charge is 0.109 e. The molecule has 0 saturated heterocycles. The Balaban J connectivity index is 3.56. The molecule has 0 spiro atoms. The van der Waals surface area contributed by atoms with Crippen LogP contribution in [0.15, 0.2) is 0 Å². The van der Waals surface area contributed by atoms with Crippen molar-refractivity contribution in [2.24, 2.45) is 0 Å². The van der Waals surface area contributed by atoms with Gasteiger partial charge in [0.15, 0.2) is 0 Å². The van der Waals surface area contributed by atoms with Crippen LogP contribution in [0, 0.1) is 0 Å². The normalized spacial score (nSPS) is 13.6. The van der Waals surface area contributed by atoms with Crippen LogP contribution in [0.5, 0.6) is 0 Å². The number of nitrogens with one attached hydrogen (secondary N) is 1. The molecule has 13 heavy (non-hydrogen) atoms. The van der Waals surface area contributed by atoms with E-state index in [-0.39, 0.29) is 0 Å². The molecule has 0 saturated carbocycles. The molecular formula is C10H26N2Si. The molecule has 2 nitrogen and oxygen atoms in total. The minimum atomic E-state index is -0.589. The van der Waals surface area contributed by atoms with Gasteiger partial charge in [0.2, 0.25) is 0 Å². The Morgan fingerprint density at radius 2 is 1.69 bits per heavy atom. The van der Waals surface area contributed by atoms with Crippen LogP contribution in [0.25, 0.3) is 0 Å².